The van der Waals surface area contributed by atoms with Crippen LogP contribution in [0, 0.1) is 13.8 Å². The van der Waals surface area contributed by atoms with Gasteiger partial charge in [0.15, 0.2) is 5.76 Å². The summed E-state index contributed by atoms with van der Waals surface area (Å²) in [4.78, 5) is 14.3. The fourth-order valence-corrected chi connectivity index (χ4v) is 4.84. The van der Waals surface area contributed by atoms with E-state index in [4.69, 9.17) is 16.1 Å². The lowest BCUT2D eigenvalue weighted by molar-refractivity contribution is 0.0698. The predicted molar refractivity (Wildman–Crippen MR) is 92.1 cm³/mol. The molecule has 3 rings (SSSR count). The number of amides is 1. The highest BCUT2D eigenvalue weighted by molar-refractivity contribution is 7.89. The molecule has 1 aliphatic rings. The number of piperazine rings is 1. The van der Waals surface area contributed by atoms with Gasteiger partial charge in [0.2, 0.25) is 10.0 Å². The second-order valence-corrected chi connectivity index (χ2v) is 8.11. The fourth-order valence-electron chi connectivity index (χ4n) is 2.91. The summed E-state index contributed by atoms with van der Waals surface area (Å²) in [6, 6.07) is 6.83. The molecule has 0 saturated carbocycles. The Balaban J connectivity index is 1.74. The number of carbonyl (C=O) groups is 1. The van der Waals surface area contributed by atoms with Gasteiger partial charge < -0.3 is 9.42 Å². The molecular weight excluding hydrogens is 366 g/mol. The van der Waals surface area contributed by atoms with Crippen molar-refractivity contribution in [3.63, 3.8) is 0 Å². The lowest BCUT2D eigenvalue weighted by atomic mass is 10.2. The molecule has 0 bridgehead atoms. The summed E-state index contributed by atoms with van der Waals surface area (Å²) < 4.78 is 31.9. The van der Waals surface area contributed by atoms with Crippen LogP contribution in [0.3, 0.4) is 0 Å². The van der Waals surface area contributed by atoms with E-state index in [-0.39, 0.29) is 29.7 Å². The lowest BCUT2D eigenvalue weighted by Gasteiger charge is -2.34. The Morgan fingerprint density at radius 1 is 1.16 bits per heavy atom. The minimum atomic E-state index is -3.69. The van der Waals surface area contributed by atoms with E-state index in [0.29, 0.717) is 29.4 Å². The molecule has 2 heterocycles. The number of benzene rings is 1. The van der Waals surface area contributed by atoms with E-state index in [1.165, 1.54) is 4.31 Å². The first-order chi connectivity index (χ1) is 11.8. The topological polar surface area (TPSA) is 83.7 Å². The van der Waals surface area contributed by atoms with Crippen LogP contribution in [-0.4, -0.2) is 54.9 Å². The molecule has 0 spiro atoms. The molecule has 1 aromatic carbocycles. The van der Waals surface area contributed by atoms with Gasteiger partial charge >= 0.3 is 0 Å². The molecule has 0 radical (unpaired) electrons. The summed E-state index contributed by atoms with van der Waals surface area (Å²) in [7, 11) is -3.69. The van der Waals surface area contributed by atoms with Crippen LogP contribution in [0.1, 0.15) is 21.8 Å². The van der Waals surface area contributed by atoms with Gasteiger partial charge in [0.05, 0.1) is 10.6 Å². The van der Waals surface area contributed by atoms with Crippen molar-refractivity contribution in [2.45, 2.75) is 18.7 Å². The van der Waals surface area contributed by atoms with Crippen molar-refractivity contribution in [3.05, 3.63) is 46.3 Å². The molecule has 0 N–H and O–H groups in total. The zero-order chi connectivity index (χ0) is 18.2. The number of halogens is 1. The van der Waals surface area contributed by atoms with Gasteiger partial charge in [0.1, 0.15) is 10.6 Å². The normalized spacial score (nSPS) is 16.2. The van der Waals surface area contributed by atoms with Crippen molar-refractivity contribution in [2.24, 2.45) is 0 Å². The number of rotatable bonds is 3. The Kier molecular flexibility index (Phi) is 4.86. The highest BCUT2D eigenvalue weighted by atomic mass is 35.5. The zero-order valence-corrected chi connectivity index (χ0v) is 15.5. The van der Waals surface area contributed by atoms with E-state index in [1.807, 2.05) is 0 Å². The van der Waals surface area contributed by atoms with Crippen LogP contribution in [0.4, 0.5) is 0 Å². The molecule has 9 heteroatoms. The van der Waals surface area contributed by atoms with Crippen LogP contribution in [0.5, 0.6) is 0 Å². The molecule has 25 heavy (non-hydrogen) atoms. The zero-order valence-electron chi connectivity index (χ0n) is 13.9. The van der Waals surface area contributed by atoms with Gasteiger partial charge in [-0.2, -0.15) is 4.31 Å². The maximum absolute atomic E-state index is 12.8. The molecule has 2 aromatic rings. The molecule has 1 fully saturated rings. The molecule has 7 nitrogen and oxygen atoms in total. The van der Waals surface area contributed by atoms with Crippen LogP contribution >= 0.6 is 11.6 Å². The Bertz CT molecular complexity index is 882. The van der Waals surface area contributed by atoms with E-state index >= 15 is 0 Å². The SMILES string of the molecule is Cc1noc(C)c1S(=O)(=O)N1CCN(C(=O)c2ccccc2Cl)CC1. The van der Waals surface area contributed by atoms with E-state index in [0.717, 1.165) is 0 Å². The quantitative estimate of drug-likeness (QED) is 0.810. The molecular formula is C16H18ClN3O4S. The van der Waals surface area contributed by atoms with Crippen molar-refractivity contribution >= 4 is 27.5 Å². The summed E-state index contributed by atoms with van der Waals surface area (Å²) in [5, 5.41) is 4.10. The van der Waals surface area contributed by atoms with Crippen LogP contribution in [0.2, 0.25) is 5.02 Å². The summed E-state index contributed by atoms with van der Waals surface area (Å²) in [5.74, 6) is 0.0760. The van der Waals surface area contributed by atoms with Crippen LogP contribution in [-0.2, 0) is 10.0 Å². The molecule has 1 aromatic heterocycles. The predicted octanol–water partition coefficient (Wildman–Crippen LogP) is 2.09. The second kappa shape index (κ2) is 6.78. The van der Waals surface area contributed by atoms with Gasteiger partial charge in [-0.3, -0.25) is 4.79 Å². The monoisotopic (exact) mass is 383 g/mol. The van der Waals surface area contributed by atoms with E-state index in [2.05, 4.69) is 5.16 Å². The van der Waals surface area contributed by atoms with Crippen LogP contribution in [0.25, 0.3) is 0 Å². The molecule has 0 aliphatic carbocycles. The highest BCUT2D eigenvalue weighted by Gasteiger charge is 2.34. The summed E-state index contributed by atoms with van der Waals surface area (Å²) in [6.07, 6.45) is 0. The number of carbonyl (C=O) groups excluding carboxylic acids is 1. The molecule has 134 valence electrons. The smallest absolute Gasteiger partial charge is 0.255 e. The van der Waals surface area contributed by atoms with Gasteiger partial charge in [-0.1, -0.05) is 28.9 Å². The average molecular weight is 384 g/mol. The Morgan fingerprint density at radius 3 is 2.36 bits per heavy atom. The Hall–Kier alpha value is -1.90. The Labute approximate surface area is 151 Å². The number of aromatic nitrogens is 1. The fraction of sp³-hybridized carbons (Fsp3) is 0.375. The van der Waals surface area contributed by atoms with Crippen LogP contribution in [0.15, 0.2) is 33.7 Å². The number of hydrogen-bond acceptors (Lipinski definition) is 5. The standard InChI is InChI=1S/C16H18ClN3O4S/c1-11-15(12(2)24-18-11)25(22,23)20-9-7-19(8-10-20)16(21)13-5-3-4-6-14(13)17/h3-6H,7-10H2,1-2H3. The second-order valence-electron chi connectivity index (χ2n) is 5.83. The third-order valence-corrected chi connectivity index (χ3v) is 6.67. The van der Waals surface area contributed by atoms with Gasteiger partial charge in [-0.05, 0) is 26.0 Å². The molecule has 1 saturated heterocycles. The van der Waals surface area contributed by atoms with Gasteiger partial charge in [-0.25, -0.2) is 8.42 Å². The van der Waals surface area contributed by atoms with E-state index < -0.39 is 10.0 Å². The number of nitrogens with zero attached hydrogens (tertiary/aromatic N) is 3. The molecule has 0 atom stereocenters. The maximum Gasteiger partial charge on any atom is 0.255 e. The first-order valence-electron chi connectivity index (χ1n) is 7.79. The van der Waals surface area contributed by atoms with Gasteiger partial charge in [0, 0.05) is 26.2 Å². The van der Waals surface area contributed by atoms with E-state index in [9.17, 15) is 13.2 Å². The van der Waals surface area contributed by atoms with Crippen molar-refractivity contribution in [2.75, 3.05) is 26.2 Å². The largest absolute Gasteiger partial charge is 0.360 e. The van der Waals surface area contributed by atoms with Gasteiger partial charge in [0.25, 0.3) is 5.91 Å². The van der Waals surface area contributed by atoms with Crippen molar-refractivity contribution in [3.8, 4) is 0 Å². The first kappa shape index (κ1) is 17.9. The average Bonchev–Trinajstić information content (AvgIpc) is 2.94. The van der Waals surface area contributed by atoms with Gasteiger partial charge in [-0.15, -0.1) is 0 Å². The molecule has 0 unspecified atom stereocenters. The number of hydrogen-bond donors (Lipinski definition) is 0. The van der Waals surface area contributed by atoms with Crippen LogP contribution < -0.4 is 0 Å². The highest BCUT2D eigenvalue weighted by Crippen LogP contribution is 2.25. The number of aryl methyl sites for hydroxylation is 2. The Morgan fingerprint density at radius 2 is 1.80 bits per heavy atom. The first-order valence-corrected chi connectivity index (χ1v) is 9.61. The molecule has 1 amide bonds. The third-order valence-electron chi connectivity index (χ3n) is 4.20. The van der Waals surface area contributed by atoms with Crippen molar-refractivity contribution in [1.29, 1.82) is 0 Å². The minimum absolute atomic E-state index is 0.110. The lowest BCUT2D eigenvalue weighted by Crippen LogP contribution is -2.50. The maximum atomic E-state index is 12.8. The summed E-state index contributed by atoms with van der Waals surface area (Å²) in [6.45, 7) is 4.19. The summed E-state index contributed by atoms with van der Waals surface area (Å²) >= 11 is 6.07. The van der Waals surface area contributed by atoms with Crippen molar-refractivity contribution < 1.29 is 17.7 Å². The van der Waals surface area contributed by atoms with E-state index in [1.54, 1.807) is 43.0 Å². The minimum Gasteiger partial charge on any atom is -0.360 e. The molecule has 1 aliphatic heterocycles. The number of sulfonamides is 1. The third kappa shape index (κ3) is 3.29. The van der Waals surface area contributed by atoms with Crippen molar-refractivity contribution in [1.82, 2.24) is 14.4 Å². The summed E-state index contributed by atoms with van der Waals surface area (Å²) in [5.41, 5.74) is 0.762.